The summed E-state index contributed by atoms with van der Waals surface area (Å²) in [7, 11) is 0. The predicted octanol–water partition coefficient (Wildman–Crippen LogP) is 4.72. The summed E-state index contributed by atoms with van der Waals surface area (Å²) in [6.07, 6.45) is 1.76. The molecule has 0 radical (unpaired) electrons. The zero-order chi connectivity index (χ0) is 21.6. The van der Waals surface area contributed by atoms with Crippen LogP contribution in [0.3, 0.4) is 0 Å². The second kappa shape index (κ2) is 9.39. The molecule has 0 atom stereocenters. The summed E-state index contributed by atoms with van der Waals surface area (Å²) in [5, 5.41) is 8.69. The summed E-state index contributed by atoms with van der Waals surface area (Å²) < 4.78 is 1.42. The molecule has 0 saturated heterocycles. The minimum atomic E-state index is -0.327. The van der Waals surface area contributed by atoms with Crippen molar-refractivity contribution in [3.8, 4) is 0 Å². The highest BCUT2D eigenvalue weighted by atomic mass is 16.2. The molecule has 0 aliphatic rings. The first-order valence-corrected chi connectivity index (χ1v) is 10.6. The van der Waals surface area contributed by atoms with Gasteiger partial charge in [0.05, 0.1) is 11.4 Å². The van der Waals surface area contributed by atoms with Crippen molar-refractivity contribution in [2.45, 2.75) is 32.4 Å². The lowest BCUT2D eigenvalue weighted by molar-refractivity contribution is 0.0937. The average Bonchev–Trinajstić information content (AvgIpc) is 2.83. The van der Waals surface area contributed by atoms with Crippen LogP contribution < -0.4 is 10.9 Å². The number of nitrogens with zero attached hydrogens (tertiary/aromatic N) is 2. The van der Waals surface area contributed by atoms with Gasteiger partial charge in [0.15, 0.2) is 5.69 Å². The van der Waals surface area contributed by atoms with Gasteiger partial charge in [-0.2, -0.15) is 5.10 Å². The minimum absolute atomic E-state index is 0.164. The lowest BCUT2D eigenvalue weighted by Gasteiger charge is -2.20. The number of unbranched alkanes of at least 4 members (excludes halogenated alkanes) is 1. The first-order chi connectivity index (χ1) is 15.2. The van der Waals surface area contributed by atoms with E-state index in [0.29, 0.717) is 17.3 Å². The highest BCUT2D eigenvalue weighted by Crippen LogP contribution is 2.23. The zero-order valence-corrected chi connectivity index (χ0v) is 17.5. The zero-order valence-electron chi connectivity index (χ0n) is 17.5. The van der Waals surface area contributed by atoms with Gasteiger partial charge in [0.25, 0.3) is 11.5 Å². The molecule has 1 amide bonds. The third-order valence-electron chi connectivity index (χ3n) is 5.35. The Morgan fingerprint density at radius 3 is 2.00 bits per heavy atom. The maximum Gasteiger partial charge on any atom is 0.274 e. The summed E-state index contributed by atoms with van der Waals surface area (Å²) in [5.41, 5.74) is 2.06. The Balaban J connectivity index is 1.77. The number of carbonyl (C=O) groups excluding carboxylic acids is 1. The number of carbonyl (C=O) groups is 1. The maximum absolute atomic E-state index is 13.5. The van der Waals surface area contributed by atoms with E-state index in [9.17, 15) is 9.59 Å². The molecule has 0 aliphatic heterocycles. The molecule has 5 nitrogen and oxygen atoms in total. The molecule has 4 rings (SSSR count). The Morgan fingerprint density at radius 1 is 0.871 bits per heavy atom. The largest absolute Gasteiger partial charge is 0.340 e. The maximum atomic E-state index is 13.5. The van der Waals surface area contributed by atoms with Gasteiger partial charge in [-0.05, 0) is 23.6 Å². The molecule has 1 aromatic heterocycles. The lowest BCUT2D eigenvalue weighted by atomic mass is 9.98. The summed E-state index contributed by atoms with van der Waals surface area (Å²) >= 11 is 0. The summed E-state index contributed by atoms with van der Waals surface area (Å²) in [6.45, 7) is 2.55. The van der Waals surface area contributed by atoms with Crippen molar-refractivity contribution in [2.24, 2.45) is 0 Å². The van der Waals surface area contributed by atoms with E-state index in [1.54, 1.807) is 12.1 Å². The van der Waals surface area contributed by atoms with E-state index < -0.39 is 0 Å². The van der Waals surface area contributed by atoms with Crippen LogP contribution in [0.25, 0.3) is 10.8 Å². The van der Waals surface area contributed by atoms with Crippen molar-refractivity contribution in [3.63, 3.8) is 0 Å². The highest BCUT2D eigenvalue weighted by Gasteiger charge is 2.21. The monoisotopic (exact) mass is 411 g/mol. The van der Waals surface area contributed by atoms with Gasteiger partial charge in [0.1, 0.15) is 0 Å². The van der Waals surface area contributed by atoms with Crippen LogP contribution in [0, 0.1) is 0 Å². The van der Waals surface area contributed by atoms with Crippen molar-refractivity contribution in [1.29, 1.82) is 0 Å². The molecule has 0 bridgehead atoms. The fourth-order valence-corrected chi connectivity index (χ4v) is 3.71. The fourth-order valence-electron chi connectivity index (χ4n) is 3.71. The fraction of sp³-hybridized carbons (Fsp3) is 0.192. The van der Waals surface area contributed by atoms with Crippen LogP contribution in [0.15, 0.2) is 89.7 Å². The number of fused-ring (bicyclic) bond motifs is 1. The van der Waals surface area contributed by atoms with Crippen LogP contribution in [-0.2, 0) is 6.54 Å². The number of amides is 1. The number of hydrogen-bond donors (Lipinski definition) is 1. The van der Waals surface area contributed by atoms with Crippen LogP contribution in [0.2, 0.25) is 0 Å². The second-order valence-electron chi connectivity index (χ2n) is 7.50. The molecule has 0 saturated carbocycles. The van der Waals surface area contributed by atoms with E-state index in [2.05, 4.69) is 17.3 Å². The Labute approximate surface area is 181 Å². The number of nitrogens with one attached hydrogen (secondary N) is 1. The molecule has 31 heavy (non-hydrogen) atoms. The van der Waals surface area contributed by atoms with Gasteiger partial charge >= 0.3 is 0 Å². The van der Waals surface area contributed by atoms with Crippen LogP contribution in [0.1, 0.15) is 47.4 Å². The van der Waals surface area contributed by atoms with Crippen molar-refractivity contribution in [3.05, 3.63) is 112 Å². The predicted molar refractivity (Wildman–Crippen MR) is 123 cm³/mol. The molecule has 1 N–H and O–H groups in total. The van der Waals surface area contributed by atoms with E-state index >= 15 is 0 Å². The van der Waals surface area contributed by atoms with E-state index in [4.69, 9.17) is 0 Å². The third kappa shape index (κ3) is 4.40. The molecule has 5 heteroatoms. The molecule has 0 aliphatic carbocycles. The van der Waals surface area contributed by atoms with Crippen LogP contribution in [-0.4, -0.2) is 15.7 Å². The van der Waals surface area contributed by atoms with Gasteiger partial charge < -0.3 is 5.32 Å². The van der Waals surface area contributed by atoms with Crippen LogP contribution in [0.4, 0.5) is 0 Å². The molecular formula is C26H25N3O2. The van der Waals surface area contributed by atoms with Crippen molar-refractivity contribution >= 4 is 16.7 Å². The number of hydrogen-bond acceptors (Lipinski definition) is 3. The Bertz CT molecular complexity index is 1190. The van der Waals surface area contributed by atoms with E-state index in [-0.39, 0.29) is 23.2 Å². The Hall–Kier alpha value is -3.73. The quantitative estimate of drug-likeness (QED) is 0.479. The first-order valence-electron chi connectivity index (χ1n) is 10.6. The first kappa shape index (κ1) is 20.5. The lowest BCUT2D eigenvalue weighted by Crippen LogP contribution is -2.33. The molecule has 0 fully saturated rings. The Kier molecular flexibility index (Phi) is 6.22. The van der Waals surface area contributed by atoms with Crippen molar-refractivity contribution < 1.29 is 4.79 Å². The molecule has 3 aromatic carbocycles. The van der Waals surface area contributed by atoms with Crippen molar-refractivity contribution in [1.82, 2.24) is 15.1 Å². The summed E-state index contributed by atoms with van der Waals surface area (Å²) in [6, 6.07) is 26.5. The third-order valence-corrected chi connectivity index (χ3v) is 5.35. The highest BCUT2D eigenvalue weighted by molar-refractivity contribution is 6.05. The van der Waals surface area contributed by atoms with Crippen LogP contribution >= 0.6 is 0 Å². The average molecular weight is 412 g/mol. The number of aryl methyl sites for hydroxylation is 1. The number of aromatic nitrogens is 2. The smallest absolute Gasteiger partial charge is 0.274 e. The Morgan fingerprint density at radius 2 is 1.42 bits per heavy atom. The normalized spacial score (nSPS) is 11.0. The molecule has 0 spiro atoms. The second-order valence-corrected chi connectivity index (χ2v) is 7.50. The van der Waals surface area contributed by atoms with Gasteiger partial charge in [-0.1, -0.05) is 92.2 Å². The van der Waals surface area contributed by atoms with Crippen molar-refractivity contribution in [2.75, 3.05) is 0 Å². The minimum Gasteiger partial charge on any atom is -0.340 e. The molecule has 156 valence electrons. The summed E-state index contributed by atoms with van der Waals surface area (Å²) in [4.78, 5) is 26.3. The SMILES string of the molecule is CCCCn1nc(C(=O)NC(c2ccccc2)c2ccccc2)c2ccccc2c1=O. The molecular weight excluding hydrogens is 386 g/mol. The number of benzene rings is 3. The molecule has 1 heterocycles. The summed E-state index contributed by atoms with van der Waals surface area (Å²) in [5.74, 6) is -0.306. The van der Waals surface area contributed by atoms with Gasteiger partial charge in [-0.15, -0.1) is 0 Å². The van der Waals surface area contributed by atoms with Crippen LogP contribution in [0.5, 0.6) is 0 Å². The van der Waals surface area contributed by atoms with Gasteiger partial charge in [0.2, 0.25) is 0 Å². The topological polar surface area (TPSA) is 64.0 Å². The molecule has 0 unspecified atom stereocenters. The van der Waals surface area contributed by atoms with E-state index in [0.717, 1.165) is 24.0 Å². The van der Waals surface area contributed by atoms with E-state index in [1.165, 1.54) is 4.68 Å². The molecule has 4 aromatic rings. The van der Waals surface area contributed by atoms with Gasteiger partial charge in [-0.25, -0.2) is 4.68 Å². The number of rotatable bonds is 7. The van der Waals surface area contributed by atoms with Gasteiger partial charge in [-0.3, -0.25) is 9.59 Å². The van der Waals surface area contributed by atoms with Gasteiger partial charge in [0, 0.05) is 11.9 Å². The standard InChI is InChI=1S/C26H25N3O2/c1-2-3-18-29-26(31)22-17-11-10-16-21(22)24(28-29)25(30)27-23(19-12-6-4-7-13-19)20-14-8-5-9-15-20/h4-17,23H,2-3,18H2,1H3,(H,27,30). The van der Waals surface area contributed by atoms with E-state index in [1.807, 2.05) is 72.8 Å².